The molecule has 102 valence electrons. The van der Waals surface area contributed by atoms with E-state index < -0.39 is 0 Å². The third-order valence-electron chi connectivity index (χ3n) is 3.20. The van der Waals surface area contributed by atoms with Crippen LogP contribution in [0.3, 0.4) is 0 Å². The van der Waals surface area contributed by atoms with E-state index >= 15 is 0 Å². The SMILES string of the molecule is Cc1cccc(C=CC(=O)Nc2c(C)cccc2C)c1. The van der Waals surface area contributed by atoms with E-state index in [0.717, 1.165) is 22.4 Å². The van der Waals surface area contributed by atoms with Crippen molar-refractivity contribution < 1.29 is 4.79 Å². The predicted octanol–water partition coefficient (Wildman–Crippen LogP) is 4.26. The summed E-state index contributed by atoms with van der Waals surface area (Å²) in [6.07, 6.45) is 3.40. The fraction of sp³-hybridized carbons (Fsp3) is 0.167. The van der Waals surface area contributed by atoms with Gasteiger partial charge >= 0.3 is 0 Å². The van der Waals surface area contributed by atoms with Crippen molar-refractivity contribution in [2.45, 2.75) is 20.8 Å². The summed E-state index contributed by atoms with van der Waals surface area (Å²) in [5, 5.41) is 2.94. The zero-order valence-electron chi connectivity index (χ0n) is 12.1. The Morgan fingerprint density at radius 1 is 1.00 bits per heavy atom. The molecule has 0 aromatic heterocycles. The first-order valence-electron chi connectivity index (χ1n) is 6.68. The molecule has 2 rings (SSSR count). The van der Waals surface area contributed by atoms with Crippen molar-refractivity contribution in [3.8, 4) is 0 Å². The molecule has 0 radical (unpaired) electrons. The molecule has 1 amide bonds. The molecule has 0 atom stereocenters. The van der Waals surface area contributed by atoms with Crippen molar-refractivity contribution in [2.75, 3.05) is 5.32 Å². The van der Waals surface area contributed by atoms with Crippen LogP contribution in [-0.2, 0) is 4.79 Å². The van der Waals surface area contributed by atoms with Crippen LogP contribution in [-0.4, -0.2) is 5.91 Å². The van der Waals surface area contributed by atoms with Gasteiger partial charge < -0.3 is 5.32 Å². The minimum Gasteiger partial charge on any atom is -0.322 e. The van der Waals surface area contributed by atoms with Crippen molar-refractivity contribution >= 4 is 17.7 Å². The molecular weight excluding hydrogens is 246 g/mol. The van der Waals surface area contributed by atoms with Crippen molar-refractivity contribution in [2.24, 2.45) is 0 Å². The normalized spacial score (nSPS) is 10.8. The summed E-state index contributed by atoms with van der Waals surface area (Å²) in [6.45, 7) is 6.02. The zero-order valence-corrected chi connectivity index (χ0v) is 12.1. The molecule has 0 saturated heterocycles. The van der Waals surface area contributed by atoms with Crippen molar-refractivity contribution in [3.63, 3.8) is 0 Å². The lowest BCUT2D eigenvalue weighted by Gasteiger charge is -2.09. The molecule has 0 spiro atoms. The van der Waals surface area contributed by atoms with Gasteiger partial charge in [0.25, 0.3) is 0 Å². The van der Waals surface area contributed by atoms with Crippen LogP contribution in [0.25, 0.3) is 6.08 Å². The van der Waals surface area contributed by atoms with Crippen LogP contribution in [0.5, 0.6) is 0 Å². The van der Waals surface area contributed by atoms with Gasteiger partial charge in [0.1, 0.15) is 0 Å². The monoisotopic (exact) mass is 265 g/mol. The second kappa shape index (κ2) is 6.20. The standard InChI is InChI=1S/C18H19NO/c1-13-6-4-9-16(12-13)10-11-17(20)19-18-14(2)7-5-8-15(18)3/h4-12H,1-3H3,(H,19,20). The molecule has 0 fully saturated rings. The molecule has 0 aliphatic heterocycles. The van der Waals surface area contributed by atoms with Crippen LogP contribution >= 0.6 is 0 Å². The number of rotatable bonds is 3. The Hall–Kier alpha value is -2.35. The number of amides is 1. The Morgan fingerprint density at radius 3 is 2.30 bits per heavy atom. The van der Waals surface area contributed by atoms with Crippen LogP contribution in [0.15, 0.2) is 48.5 Å². The fourth-order valence-corrected chi connectivity index (χ4v) is 2.12. The summed E-state index contributed by atoms with van der Waals surface area (Å²) in [5.41, 5.74) is 5.25. The molecule has 2 aromatic rings. The second-order valence-corrected chi connectivity index (χ2v) is 5.00. The molecule has 0 aliphatic rings. The minimum absolute atomic E-state index is 0.107. The molecule has 0 bridgehead atoms. The molecule has 0 unspecified atom stereocenters. The molecule has 20 heavy (non-hydrogen) atoms. The maximum Gasteiger partial charge on any atom is 0.248 e. The highest BCUT2D eigenvalue weighted by Crippen LogP contribution is 2.19. The van der Waals surface area contributed by atoms with E-state index in [-0.39, 0.29) is 5.91 Å². The Morgan fingerprint density at radius 2 is 1.65 bits per heavy atom. The Bertz CT molecular complexity index is 636. The van der Waals surface area contributed by atoms with Gasteiger partial charge in [-0.15, -0.1) is 0 Å². The highest BCUT2D eigenvalue weighted by molar-refractivity contribution is 6.02. The van der Waals surface area contributed by atoms with Gasteiger partial charge in [-0.1, -0.05) is 48.0 Å². The number of para-hydroxylation sites is 1. The molecule has 2 heteroatoms. The lowest BCUT2D eigenvalue weighted by molar-refractivity contribution is -0.111. The quantitative estimate of drug-likeness (QED) is 0.825. The van der Waals surface area contributed by atoms with Crippen molar-refractivity contribution in [3.05, 3.63) is 70.8 Å². The number of carbonyl (C=O) groups is 1. The highest BCUT2D eigenvalue weighted by atomic mass is 16.1. The largest absolute Gasteiger partial charge is 0.322 e. The van der Waals surface area contributed by atoms with E-state index in [2.05, 4.69) is 5.32 Å². The van der Waals surface area contributed by atoms with Crippen LogP contribution in [0, 0.1) is 20.8 Å². The molecule has 0 saturated carbocycles. The Labute approximate surface area is 120 Å². The van der Waals surface area contributed by atoms with E-state index in [9.17, 15) is 4.79 Å². The molecule has 0 aliphatic carbocycles. The van der Waals surface area contributed by atoms with Gasteiger partial charge in [0.15, 0.2) is 0 Å². The Balaban J connectivity index is 2.10. The van der Waals surface area contributed by atoms with Gasteiger partial charge in [-0.3, -0.25) is 4.79 Å². The van der Waals surface area contributed by atoms with Crippen LogP contribution < -0.4 is 5.32 Å². The minimum atomic E-state index is -0.107. The summed E-state index contributed by atoms with van der Waals surface area (Å²) >= 11 is 0. The number of carbonyl (C=O) groups excluding carboxylic acids is 1. The summed E-state index contributed by atoms with van der Waals surface area (Å²) in [6, 6.07) is 14.0. The maximum absolute atomic E-state index is 12.0. The number of nitrogens with one attached hydrogen (secondary N) is 1. The van der Waals surface area contributed by atoms with Gasteiger partial charge in [0.05, 0.1) is 0 Å². The van der Waals surface area contributed by atoms with Gasteiger partial charge in [0.2, 0.25) is 5.91 Å². The van der Waals surface area contributed by atoms with E-state index in [1.807, 2.05) is 69.3 Å². The lowest BCUT2D eigenvalue weighted by Crippen LogP contribution is -2.10. The van der Waals surface area contributed by atoms with E-state index in [0.29, 0.717) is 0 Å². The van der Waals surface area contributed by atoms with Crippen molar-refractivity contribution in [1.29, 1.82) is 0 Å². The average Bonchev–Trinajstić information content (AvgIpc) is 2.41. The summed E-state index contributed by atoms with van der Waals surface area (Å²) in [7, 11) is 0. The van der Waals surface area contributed by atoms with Crippen LogP contribution in [0.1, 0.15) is 22.3 Å². The van der Waals surface area contributed by atoms with E-state index in [1.54, 1.807) is 6.08 Å². The Kier molecular flexibility index (Phi) is 4.36. The number of hydrogen-bond acceptors (Lipinski definition) is 1. The number of aryl methyl sites for hydroxylation is 3. The summed E-state index contributed by atoms with van der Waals surface area (Å²) in [4.78, 5) is 12.0. The first-order valence-corrected chi connectivity index (χ1v) is 6.68. The molecule has 2 aromatic carbocycles. The third-order valence-corrected chi connectivity index (χ3v) is 3.20. The molecular formula is C18H19NO. The highest BCUT2D eigenvalue weighted by Gasteiger charge is 2.04. The van der Waals surface area contributed by atoms with E-state index in [1.165, 1.54) is 5.56 Å². The third kappa shape index (κ3) is 3.58. The van der Waals surface area contributed by atoms with Gasteiger partial charge in [-0.25, -0.2) is 0 Å². The molecule has 2 nitrogen and oxygen atoms in total. The van der Waals surface area contributed by atoms with Crippen LogP contribution in [0.2, 0.25) is 0 Å². The number of benzene rings is 2. The van der Waals surface area contributed by atoms with Gasteiger partial charge in [-0.2, -0.15) is 0 Å². The smallest absolute Gasteiger partial charge is 0.248 e. The predicted molar refractivity (Wildman–Crippen MR) is 84.8 cm³/mol. The van der Waals surface area contributed by atoms with Crippen LogP contribution in [0.4, 0.5) is 5.69 Å². The summed E-state index contributed by atoms with van der Waals surface area (Å²) < 4.78 is 0. The molecule has 0 heterocycles. The second-order valence-electron chi connectivity index (χ2n) is 5.00. The zero-order chi connectivity index (χ0) is 14.5. The number of hydrogen-bond donors (Lipinski definition) is 1. The lowest BCUT2D eigenvalue weighted by atomic mass is 10.1. The fourth-order valence-electron chi connectivity index (χ4n) is 2.12. The van der Waals surface area contributed by atoms with Gasteiger partial charge in [0, 0.05) is 11.8 Å². The topological polar surface area (TPSA) is 29.1 Å². The maximum atomic E-state index is 12.0. The first kappa shape index (κ1) is 14.1. The number of anilines is 1. The first-order chi connectivity index (χ1) is 9.56. The summed E-state index contributed by atoms with van der Waals surface area (Å²) in [5.74, 6) is -0.107. The van der Waals surface area contributed by atoms with Crippen molar-refractivity contribution in [1.82, 2.24) is 0 Å². The van der Waals surface area contributed by atoms with Gasteiger partial charge in [-0.05, 0) is 43.5 Å². The average molecular weight is 265 g/mol. The van der Waals surface area contributed by atoms with E-state index in [4.69, 9.17) is 0 Å². The molecule has 1 N–H and O–H groups in total.